The Bertz CT molecular complexity index is 975. The molecular weight excluding hydrogens is 408 g/mol. The van der Waals surface area contributed by atoms with Crippen LogP contribution in [0.3, 0.4) is 0 Å². The van der Waals surface area contributed by atoms with Gasteiger partial charge >= 0.3 is 12.1 Å². The van der Waals surface area contributed by atoms with Crippen LogP contribution >= 0.6 is 0 Å². The number of aliphatic carboxylic acids is 1. The fraction of sp³-hybridized carbons (Fsp3) is 0.400. The maximum absolute atomic E-state index is 12.6. The number of carbonyl (C=O) groups excluding carboxylic acids is 2. The van der Waals surface area contributed by atoms with E-state index in [1.165, 1.54) is 4.90 Å². The van der Waals surface area contributed by atoms with Gasteiger partial charge in [0.2, 0.25) is 5.91 Å². The summed E-state index contributed by atoms with van der Waals surface area (Å²) in [6.07, 6.45) is 1.43. The molecule has 2 aromatic carbocycles. The number of likely N-dealkylation sites (tertiary alicyclic amines) is 1. The van der Waals surface area contributed by atoms with Crippen molar-refractivity contribution in [1.29, 1.82) is 0 Å². The number of amides is 2. The Morgan fingerprint density at radius 2 is 1.69 bits per heavy atom. The number of carbonyl (C=O) groups is 3. The van der Waals surface area contributed by atoms with Crippen LogP contribution in [0.2, 0.25) is 0 Å². The van der Waals surface area contributed by atoms with E-state index in [0.29, 0.717) is 18.9 Å². The third kappa shape index (κ3) is 4.33. The van der Waals surface area contributed by atoms with Gasteiger partial charge in [-0.25, -0.2) is 9.59 Å². The average Bonchev–Trinajstić information content (AvgIpc) is 3.14. The van der Waals surface area contributed by atoms with E-state index in [1.807, 2.05) is 43.3 Å². The first-order valence-corrected chi connectivity index (χ1v) is 11.1. The number of nitrogens with one attached hydrogen (secondary N) is 1. The smallest absolute Gasteiger partial charge is 0.407 e. The monoisotopic (exact) mass is 436 g/mol. The van der Waals surface area contributed by atoms with Gasteiger partial charge in [0.05, 0.1) is 0 Å². The molecule has 4 rings (SSSR count). The second kappa shape index (κ2) is 9.42. The molecule has 1 heterocycles. The third-order valence-corrected chi connectivity index (χ3v) is 6.62. The first kappa shape index (κ1) is 21.9. The van der Waals surface area contributed by atoms with Crippen molar-refractivity contribution in [2.75, 3.05) is 19.7 Å². The molecule has 0 bridgehead atoms. The third-order valence-electron chi connectivity index (χ3n) is 6.62. The van der Waals surface area contributed by atoms with Gasteiger partial charge in [-0.3, -0.25) is 4.79 Å². The summed E-state index contributed by atoms with van der Waals surface area (Å²) in [6, 6.07) is 15.3. The largest absolute Gasteiger partial charge is 0.480 e. The zero-order valence-electron chi connectivity index (χ0n) is 18.1. The van der Waals surface area contributed by atoms with Crippen LogP contribution in [0.4, 0.5) is 4.79 Å². The van der Waals surface area contributed by atoms with Crippen LogP contribution in [0.15, 0.2) is 48.5 Å². The normalized spacial score (nSPS) is 19.7. The van der Waals surface area contributed by atoms with Crippen molar-refractivity contribution in [2.24, 2.45) is 5.92 Å². The molecule has 2 atom stereocenters. The van der Waals surface area contributed by atoms with Crippen molar-refractivity contribution in [1.82, 2.24) is 10.2 Å². The second-order valence-electron chi connectivity index (χ2n) is 8.42. The van der Waals surface area contributed by atoms with Crippen molar-refractivity contribution < 1.29 is 24.2 Å². The SMILES string of the molecule is CCC1CCN(C(=O)CNC(=O)OCC2c3ccccc3-c3ccccc32)C(C(=O)O)C1. The molecule has 168 valence electrons. The van der Waals surface area contributed by atoms with Gasteiger partial charge in [-0.2, -0.15) is 0 Å². The molecule has 2 aromatic rings. The van der Waals surface area contributed by atoms with Crippen molar-refractivity contribution in [3.8, 4) is 11.1 Å². The summed E-state index contributed by atoms with van der Waals surface area (Å²) >= 11 is 0. The number of hydrogen-bond acceptors (Lipinski definition) is 4. The van der Waals surface area contributed by atoms with Crippen LogP contribution < -0.4 is 5.32 Å². The minimum atomic E-state index is -1.00. The molecular formula is C25H28N2O5. The summed E-state index contributed by atoms with van der Waals surface area (Å²) in [7, 11) is 0. The maximum Gasteiger partial charge on any atom is 0.407 e. The highest BCUT2D eigenvalue weighted by molar-refractivity contribution is 5.87. The van der Waals surface area contributed by atoms with Gasteiger partial charge in [-0.1, -0.05) is 61.9 Å². The zero-order valence-corrected chi connectivity index (χ0v) is 18.1. The highest BCUT2D eigenvalue weighted by Gasteiger charge is 2.35. The molecule has 32 heavy (non-hydrogen) atoms. The van der Waals surface area contributed by atoms with Gasteiger partial charge in [0.15, 0.2) is 0 Å². The van der Waals surface area contributed by atoms with Crippen molar-refractivity contribution in [3.63, 3.8) is 0 Å². The van der Waals surface area contributed by atoms with Crippen LogP contribution in [0.25, 0.3) is 11.1 Å². The summed E-state index contributed by atoms with van der Waals surface area (Å²) in [5.74, 6) is -1.17. The number of hydrogen-bond donors (Lipinski definition) is 2. The quantitative estimate of drug-likeness (QED) is 0.721. The lowest BCUT2D eigenvalue weighted by Crippen LogP contribution is -2.52. The van der Waals surface area contributed by atoms with Gasteiger partial charge in [-0.05, 0) is 41.0 Å². The topological polar surface area (TPSA) is 95.9 Å². The summed E-state index contributed by atoms with van der Waals surface area (Å²) in [5.41, 5.74) is 4.51. The number of alkyl carbamates (subject to hydrolysis) is 1. The molecule has 7 heteroatoms. The molecule has 2 unspecified atom stereocenters. The minimum absolute atomic E-state index is 0.0617. The Kier molecular flexibility index (Phi) is 6.44. The molecule has 7 nitrogen and oxygen atoms in total. The molecule has 1 fully saturated rings. The Balaban J connectivity index is 1.33. The van der Waals surface area contributed by atoms with Crippen LogP contribution in [0.1, 0.15) is 43.2 Å². The van der Waals surface area contributed by atoms with Gasteiger partial charge in [0, 0.05) is 12.5 Å². The number of benzene rings is 2. The lowest BCUT2D eigenvalue weighted by atomic mass is 9.89. The molecule has 2 aliphatic rings. The summed E-state index contributed by atoms with van der Waals surface area (Å²) in [5, 5.41) is 12.0. The number of carboxylic acids is 1. The zero-order chi connectivity index (χ0) is 22.7. The highest BCUT2D eigenvalue weighted by Crippen LogP contribution is 2.44. The van der Waals surface area contributed by atoms with E-state index in [9.17, 15) is 19.5 Å². The Hall–Kier alpha value is -3.35. The summed E-state index contributed by atoms with van der Waals surface area (Å²) in [6.45, 7) is 2.30. The first-order chi connectivity index (χ1) is 15.5. The van der Waals surface area contributed by atoms with Gasteiger partial charge < -0.3 is 20.1 Å². The molecule has 1 aliphatic carbocycles. The van der Waals surface area contributed by atoms with Crippen LogP contribution in [-0.2, 0) is 14.3 Å². The highest BCUT2D eigenvalue weighted by atomic mass is 16.5. The van der Waals surface area contributed by atoms with Gasteiger partial charge in [0.25, 0.3) is 0 Å². The lowest BCUT2D eigenvalue weighted by Gasteiger charge is -2.37. The fourth-order valence-corrected chi connectivity index (χ4v) is 4.84. The number of nitrogens with zero attached hydrogens (tertiary/aromatic N) is 1. The molecule has 2 amide bonds. The molecule has 1 aliphatic heterocycles. The molecule has 0 aromatic heterocycles. The number of carboxylic acid groups (broad SMARTS) is 1. The van der Waals surface area contributed by atoms with E-state index >= 15 is 0 Å². The predicted molar refractivity (Wildman–Crippen MR) is 119 cm³/mol. The number of rotatable bonds is 6. The molecule has 0 radical (unpaired) electrons. The van der Waals surface area contributed by atoms with Gasteiger partial charge in [-0.15, -0.1) is 0 Å². The van der Waals surface area contributed by atoms with E-state index in [1.54, 1.807) is 0 Å². The molecule has 0 saturated carbocycles. The Morgan fingerprint density at radius 3 is 2.28 bits per heavy atom. The fourth-order valence-electron chi connectivity index (χ4n) is 4.84. The van der Waals surface area contributed by atoms with Crippen molar-refractivity contribution in [3.05, 3.63) is 59.7 Å². The maximum atomic E-state index is 12.6. The second-order valence-corrected chi connectivity index (χ2v) is 8.42. The van der Waals surface area contributed by atoms with E-state index in [0.717, 1.165) is 35.1 Å². The molecule has 1 saturated heterocycles. The summed E-state index contributed by atoms with van der Waals surface area (Å²) in [4.78, 5) is 37.9. The van der Waals surface area contributed by atoms with E-state index < -0.39 is 24.0 Å². The number of ether oxygens (including phenoxy) is 1. The van der Waals surface area contributed by atoms with E-state index in [-0.39, 0.29) is 19.1 Å². The van der Waals surface area contributed by atoms with Crippen LogP contribution in [-0.4, -0.2) is 53.7 Å². The lowest BCUT2D eigenvalue weighted by molar-refractivity contribution is -0.152. The van der Waals surface area contributed by atoms with Crippen molar-refractivity contribution >= 4 is 18.0 Å². The standard InChI is InChI=1S/C25H28N2O5/c1-2-16-11-12-27(22(13-16)24(29)30)23(28)14-26-25(31)32-15-21-19-9-5-3-7-17(19)18-8-4-6-10-20(18)21/h3-10,16,21-22H,2,11-15H2,1H3,(H,26,31)(H,29,30). The first-order valence-electron chi connectivity index (χ1n) is 11.1. The minimum Gasteiger partial charge on any atom is -0.480 e. The Morgan fingerprint density at radius 1 is 1.06 bits per heavy atom. The predicted octanol–water partition coefficient (Wildman–Crippen LogP) is 3.63. The van der Waals surface area contributed by atoms with Crippen LogP contribution in [0, 0.1) is 5.92 Å². The summed E-state index contributed by atoms with van der Waals surface area (Å²) < 4.78 is 5.45. The van der Waals surface area contributed by atoms with E-state index in [4.69, 9.17) is 4.74 Å². The average molecular weight is 437 g/mol. The number of fused-ring (bicyclic) bond motifs is 3. The van der Waals surface area contributed by atoms with E-state index in [2.05, 4.69) is 17.4 Å². The van der Waals surface area contributed by atoms with Crippen molar-refractivity contribution in [2.45, 2.75) is 38.1 Å². The van der Waals surface area contributed by atoms with Gasteiger partial charge in [0.1, 0.15) is 19.2 Å². The Labute approximate surface area is 187 Å². The molecule has 0 spiro atoms. The molecule has 2 N–H and O–H groups in total. The van der Waals surface area contributed by atoms with Crippen LogP contribution in [0.5, 0.6) is 0 Å². The number of piperidine rings is 1.